The number of methoxy groups -OCH3 is 1. The SMILES string of the molecule is COc1ccc(CCNCCCOc2ccc(C)cc2)cc1. The van der Waals surface area contributed by atoms with Crippen LogP contribution in [0.4, 0.5) is 0 Å². The summed E-state index contributed by atoms with van der Waals surface area (Å²) in [5.41, 5.74) is 2.58. The monoisotopic (exact) mass is 299 g/mol. The van der Waals surface area contributed by atoms with Crippen LogP contribution in [0.1, 0.15) is 17.5 Å². The van der Waals surface area contributed by atoms with Crippen LogP contribution in [0.25, 0.3) is 0 Å². The molecule has 0 saturated carbocycles. The van der Waals surface area contributed by atoms with Crippen molar-refractivity contribution in [3.05, 3.63) is 59.7 Å². The molecule has 0 aliphatic heterocycles. The Kier molecular flexibility index (Phi) is 6.78. The van der Waals surface area contributed by atoms with Crippen LogP contribution in [0, 0.1) is 6.92 Å². The van der Waals surface area contributed by atoms with Gasteiger partial charge in [-0.3, -0.25) is 0 Å². The molecule has 2 aromatic rings. The quantitative estimate of drug-likeness (QED) is 0.718. The van der Waals surface area contributed by atoms with Gasteiger partial charge >= 0.3 is 0 Å². The van der Waals surface area contributed by atoms with Gasteiger partial charge in [0.05, 0.1) is 13.7 Å². The summed E-state index contributed by atoms with van der Waals surface area (Å²) in [5.74, 6) is 1.86. The Labute approximate surface area is 133 Å². The topological polar surface area (TPSA) is 30.5 Å². The van der Waals surface area contributed by atoms with Crippen molar-refractivity contribution >= 4 is 0 Å². The minimum Gasteiger partial charge on any atom is -0.497 e. The van der Waals surface area contributed by atoms with Gasteiger partial charge in [-0.15, -0.1) is 0 Å². The van der Waals surface area contributed by atoms with Gasteiger partial charge in [-0.1, -0.05) is 29.8 Å². The number of hydrogen-bond acceptors (Lipinski definition) is 3. The van der Waals surface area contributed by atoms with Crippen LogP contribution < -0.4 is 14.8 Å². The van der Waals surface area contributed by atoms with E-state index in [1.807, 2.05) is 24.3 Å². The molecule has 0 aliphatic rings. The van der Waals surface area contributed by atoms with Gasteiger partial charge in [0.25, 0.3) is 0 Å². The second-order valence-electron chi connectivity index (χ2n) is 5.36. The largest absolute Gasteiger partial charge is 0.497 e. The van der Waals surface area contributed by atoms with Crippen molar-refractivity contribution in [1.29, 1.82) is 0 Å². The first kappa shape index (κ1) is 16.4. The molecule has 0 unspecified atom stereocenters. The molecule has 0 amide bonds. The van der Waals surface area contributed by atoms with E-state index < -0.39 is 0 Å². The molecular weight excluding hydrogens is 274 g/mol. The Hall–Kier alpha value is -2.00. The number of rotatable bonds is 9. The summed E-state index contributed by atoms with van der Waals surface area (Å²) < 4.78 is 10.9. The number of ether oxygens (including phenoxy) is 2. The molecule has 2 rings (SSSR count). The van der Waals surface area contributed by atoms with Crippen LogP contribution in [-0.4, -0.2) is 26.8 Å². The summed E-state index contributed by atoms with van der Waals surface area (Å²) in [4.78, 5) is 0. The zero-order valence-electron chi connectivity index (χ0n) is 13.5. The molecule has 0 aliphatic carbocycles. The summed E-state index contributed by atoms with van der Waals surface area (Å²) in [6, 6.07) is 16.4. The first-order valence-electron chi connectivity index (χ1n) is 7.81. The molecule has 1 N–H and O–H groups in total. The summed E-state index contributed by atoms with van der Waals surface area (Å²) in [7, 11) is 1.69. The highest BCUT2D eigenvalue weighted by atomic mass is 16.5. The highest BCUT2D eigenvalue weighted by Crippen LogP contribution is 2.12. The van der Waals surface area contributed by atoms with Crippen LogP contribution in [0.5, 0.6) is 11.5 Å². The fraction of sp³-hybridized carbons (Fsp3) is 0.368. The van der Waals surface area contributed by atoms with Gasteiger partial charge in [-0.25, -0.2) is 0 Å². The van der Waals surface area contributed by atoms with E-state index in [2.05, 4.69) is 36.5 Å². The lowest BCUT2D eigenvalue weighted by molar-refractivity contribution is 0.308. The average molecular weight is 299 g/mol. The van der Waals surface area contributed by atoms with Gasteiger partial charge < -0.3 is 14.8 Å². The third kappa shape index (κ3) is 5.78. The van der Waals surface area contributed by atoms with Crippen molar-refractivity contribution in [3.8, 4) is 11.5 Å². The minimum atomic E-state index is 0.749. The van der Waals surface area contributed by atoms with Crippen LogP contribution in [-0.2, 0) is 6.42 Å². The van der Waals surface area contributed by atoms with Crippen molar-refractivity contribution in [2.75, 3.05) is 26.8 Å². The average Bonchev–Trinajstić information content (AvgIpc) is 2.56. The summed E-state index contributed by atoms with van der Waals surface area (Å²) in [6.45, 7) is 4.79. The Morgan fingerprint density at radius 3 is 2.23 bits per heavy atom. The van der Waals surface area contributed by atoms with Gasteiger partial charge in [0.2, 0.25) is 0 Å². The molecule has 0 spiro atoms. The van der Waals surface area contributed by atoms with Crippen LogP contribution >= 0.6 is 0 Å². The maximum absolute atomic E-state index is 5.70. The molecule has 0 fully saturated rings. The van der Waals surface area contributed by atoms with Crippen molar-refractivity contribution in [2.45, 2.75) is 19.8 Å². The van der Waals surface area contributed by atoms with Gasteiger partial charge in [0.15, 0.2) is 0 Å². The summed E-state index contributed by atoms with van der Waals surface area (Å²) in [5, 5.41) is 3.45. The standard InChI is InChI=1S/C19H25NO2/c1-16-4-8-19(9-5-16)22-15-3-13-20-14-12-17-6-10-18(21-2)11-7-17/h4-11,20H,3,12-15H2,1-2H3. The zero-order valence-corrected chi connectivity index (χ0v) is 13.5. The maximum Gasteiger partial charge on any atom is 0.119 e. The Morgan fingerprint density at radius 2 is 1.55 bits per heavy atom. The molecule has 118 valence electrons. The molecule has 0 bridgehead atoms. The molecule has 2 aromatic carbocycles. The molecule has 22 heavy (non-hydrogen) atoms. The Balaban J connectivity index is 1.52. The van der Waals surface area contributed by atoms with Crippen LogP contribution in [0.2, 0.25) is 0 Å². The number of hydrogen-bond donors (Lipinski definition) is 1. The number of benzene rings is 2. The van der Waals surface area contributed by atoms with E-state index in [1.165, 1.54) is 11.1 Å². The van der Waals surface area contributed by atoms with Crippen molar-refractivity contribution in [1.82, 2.24) is 5.32 Å². The van der Waals surface area contributed by atoms with Gasteiger partial charge in [-0.2, -0.15) is 0 Å². The second kappa shape index (κ2) is 9.11. The third-order valence-corrected chi connectivity index (χ3v) is 3.54. The van der Waals surface area contributed by atoms with Crippen molar-refractivity contribution in [3.63, 3.8) is 0 Å². The maximum atomic E-state index is 5.70. The lowest BCUT2D eigenvalue weighted by Gasteiger charge is -2.08. The van der Waals surface area contributed by atoms with Gasteiger partial charge in [0, 0.05) is 0 Å². The molecular formula is C19H25NO2. The van der Waals surface area contributed by atoms with Crippen molar-refractivity contribution in [2.24, 2.45) is 0 Å². The fourth-order valence-corrected chi connectivity index (χ4v) is 2.17. The highest BCUT2D eigenvalue weighted by molar-refractivity contribution is 5.27. The first-order valence-corrected chi connectivity index (χ1v) is 7.81. The molecule has 3 nitrogen and oxygen atoms in total. The highest BCUT2D eigenvalue weighted by Gasteiger charge is 1.96. The first-order chi connectivity index (χ1) is 10.8. The number of aryl methyl sites for hydroxylation is 1. The van der Waals surface area contributed by atoms with E-state index in [0.717, 1.165) is 44.0 Å². The second-order valence-corrected chi connectivity index (χ2v) is 5.36. The van der Waals surface area contributed by atoms with E-state index in [9.17, 15) is 0 Å². The fourth-order valence-electron chi connectivity index (χ4n) is 2.17. The van der Waals surface area contributed by atoms with Gasteiger partial charge in [-0.05, 0) is 62.7 Å². The van der Waals surface area contributed by atoms with E-state index in [-0.39, 0.29) is 0 Å². The van der Waals surface area contributed by atoms with E-state index >= 15 is 0 Å². The normalized spacial score (nSPS) is 10.5. The van der Waals surface area contributed by atoms with Crippen LogP contribution in [0.3, 0.4) is 0 Å². The van der Waals surface area contributed by atoms with E-state index in [0.29, 0.717) is 0 Å². The predicted molar refractivity (Wildman–Crippen MR) is 90.9 cm³/mol. The molecule has 3 heteroatoms. The Bertz CT molecular complexity index is 534. The smallest absolute Gasteiger partial charge is 0.119 e. The van der Waals surface area contributed by atoms with Crippen LogP contribution in [0.15, 0.2) is 48.5 Å². The minimum absolute atomic E-state index is 0.749. The van der Waals surface area contributed by atoms with Crippen molar-refractivity contribution < 1.29 is 9.47 Å². The predicted octanol–water partition coefficient (Wildman–Crippen LogP) is 3.60. The third-order valence-electron chi connectivity index (χ3n) is 3.54. The van der Waals surface area contributed by atoms with E-state index in [1.54, 1.807) is 7.11 Å². The summed E-state index contributed by atoms with van der Waals surface area (Å²) in [6.07, 6.45) is 2.04. The molecule has 0 aromatic heterocycles. The molecule has 0 saturated heterocycles. The number of nitrogens with one attached hydrogen (secondary N) is 1. The van der Waals surface area contributed by atoms with Gasteiger partial charge in [0.1, 0.15) is 11.5 Å². The molecule has 0 atom stereocenters. The lowest BCUT2D eigenvalue weighted by Crippen LogP contribution is -2.20. The summed E-state index contributed by atoms with van der Waals surface area (Å²) >= 11 is 0. The van der Waals surface area contributed by atoms with E-state index in [4.69, 9.17) is 9.47 Å². The lowest BCUT2D eigenvalue weighted by atomic mass is 10.1. The molecule has 0 radical (unpaired) electrons. The Morgan fingerprint density at radius 1 is 0.864 bits per heavy atom. The molecule has 0 heterocycles. The zero-order chi connectivity index (χ0) is 15.6.